The molecule has 0 bridgehead atoms. The molecule has 0 unspecified atom stereocenters. The number of rotatable bonds is 7. The van der Waals surface area contributed by atoms with Crippen LogP contribution in [-0.4, -0.2) is 32.6 Å². The third-order valence-electron chi connectivity index (χ3n) is 3.18. The van der Waals surface area contributed by atoms with E-state index in [1.54, 1.807) is 25.1 Å². The van der Waals surface area contributed by atoms with Gasteiger partial charge in [0.05, 0.1) is 24.3 Å². The molecule has 2 rings (SSSR count). The van der Waals surface area contributed by atoms with Crippen LogP contribution in [0.3, 0.4) is 0 Å². The number of sulfonamides is 1. The molecular weight excluding hydrogens is 320 g/mol. The zero-order valence-electron chi connectivity index (χ0n) is 12.6. The zero-order valence-corrected chi connectivity index (χ0v) is 13.4. The van der Waals surface area contributed by atoms with Crippen LogP contribution in [0.2, 0.25) is 0 Å². The first kappa shape index (κ1) is 17.2. The third kappa shape index (κ3) is 4.41. The Hall–Kier alpha value is -2.16. The average molecular weight is 338 g/mol. The maximum Gasteiger partial charge on any atom is 0.251 e. The monoisotopic (exact) mass is 338 g/mol. The van der Waals surface area contributed by atoms with Crippen LogP contribution in [0.15, 0.2) is 45.9 Å². The van der Waals surface area contributed by atoms with Crippen molar-refractivity contribution >= 4 is 15.9 Å². The summed E-state index contributed by atoms with van der Waals surface area (Å²) in [5.74, 6) is 0.0567. The number of carbonyl (C=O) groups is 1. The molecule has 3 N–H and O–H groups in total. The van der Waals surface area contributed by atoms with Gasteiger partial charge in [-0.2, -0.15) is 0 Å². The summed E-state index contributed by atoms with van der Waals surface area (Å²) in [6.45, 7) is 1.65. The predicted molar refractivity (Wildman–Crippen MR) is 83.3 cm³/mol. The predicted octanol–water partition coefficient (Wildman–Crippen LogP) is 0.789. The fourth-order valence-electron chi connectivity index (χ4n) is 1.94. The van der Waals surface area contributed by atoms with Gasteiger partial charge in [0.25, 0.3) is 5.91 Å². The van der Waals surface area contributed by atoms with Crippen molar-refractivity contribution in [1.29, 1.82) is 0 Å². The third-order valence-corrected chi connectivity index (χ3v) is 4.58. The molecule has 23 heavy (non-hydrogen) atoms. The standard InChI is InChI=1S/C15H18N2O5S/c1-11-4-5-13(9-14(11)15(19)16-6-7-18)23(20,21)17-10-12-3-2-8-22-12/h2-5,8-9,17-18H,6-7,10H2,1H3,(H,16,19). The van der Waals surface area contributed by atoms with Crippen LogP contribution in [0.4, 0.5) is 0 Å². The number of aliphatic hydroxyl groups excluding tert-OH is 1. The highest BCUT2D eigenvalue weighted by Crippen LogP contribution is 2.16. The second kappa shape index (κ2) is 7.40. The van der Waals surface area contributed by atoms with Crippen LogP contribution in [0.1, 0.15) is 21.7 Å². The quantitative estimate of drug-likeness (QED) is 0.691. The van der Waals surface area contributed by atoms with Gasteiger partial charge in [0.1, 0.15) is 5.76 Å². The lowest BCUT2D eigenvalue weighted by atomic mass is 10.1. The van der Waals surface area contributed by atoms with Crippen LogP contribution in [0.25, 0.3) is 0 Å². The Kier molecular flexibility index (Phi) is 5.54. The molecule has 0 saturated heterocycles. The van der Waals surface area contributed by atoms with E-state index in [2.05, 4.69) is 10.0 Å². The number of aliphatic hydroxyl groups is 1. The summed E-state index contributed by atoms with van der Waals surface area (Å²) < 4.78 is 32.1. The minimum absolute atomic E-state index is 0.0104. The highest BCUT2D eigenvalue weighted by molar-refractivity contribution is 7.89. The minimum Gasteiger partial charge on any atom is -0.468 e. The van der Waals surface area contributed by atoms with E-state index in [4.69, 9.17) is 9.52 Å². The Labute approximate surface area is 134 Å². The van der Waals surface area contributed by atoms with Crippen molar-refractivity contribution in [3.8, 4) is 0 Å². The van der Waals surface area contributed by atoms with Gasteiger partial charge in [-0.05, 0) is 36.8 Å². The Balaban J connectivity index is 2.19. The van der Waals surface area contributed by atoms with Crippen LogP contribution in [0, 0.1) is 6.92 Å². The number of aryl methyl sites for hydroxylation is 1. The lowest BCUT2D eigenvalue weighted by Crippen LogP contribution is -2.28. The number of nitrogens with one attached hydrogen (secondary N) is 2. The molecule has 0 spiro atoms. The van der Waals surface area contributed by atoms with Crippen molar-refractivity contribution in [3.05, 3.63) is 53.5 Å². The van der Waals surface area contributed by atoms with Crippen molar-refractivity contribution in [2.45, 2.75) is 18.4 Å². The maximum atomic E-state index is 12.3. The fraction of sp³-hybridized carbons (Fsp3) is 0.267. The first-order chi connectivity index (χ1) is 10.9. The summed E-state index contributed by atoms with van der Waals surface area (Å²) in [5, 5.41) is 11.2. The number of carbonyl (C=O) groups excluding carboxylic acids is 1. The maximum absolute atomic E-state index is 12.3. The molecule has 1 heterocycles. The molecule has 0 atom stereocenters. The SMILES string of the molecule is Cc1ccc(S(=O)(=O)NCc2ccco2)cc1C(=O)NCCO. The van der Waals surface area contributed by atoms with Crippen molar-refractivity contribution in [1.82, 2.24) is 10.0 Å². The first-order valence-electron chi connectivity index (χ1n) is 6.96. The normalized spacial score (nSPS) is 11.4. The molecule has 0 aliphatic heterocycles. The lowest BCUT2D eigenvalue weighted by molar-refractivity contribution is 0.0944. The van der Waals surface area contributed by atoms with E-state index in [-0.39, 0.29) is 30.2 Å². The van der Waals surface area contributed by atoms with Crippen LogP contribution in [0.5, 0.6) is 0 Å². The number of hydrogen-bond donors (Lipinski definition) is 3. The number of amides is 1. The summed E-state index contributed by atoms with van der Waals surface area (Å²) in [7, 11) is -3.77. The van der Waals surface area contributed by atoms with E-state index in [9.17, 15) is 13.2 Å². The Bertz CT molecular complexity index is 769. The van der Waals surface area contributed by atoms with Crippen LogP contribution >= 0.6 is 0 Å². The molecular formula is C15H18N2O5S. The van der Waals surface area contributed by atoms with Crippen molar-refractivity contribution < 1.29 is 22.7 Å². The topological polar surface area (TPSA) is 109 Å². The van der Waals surface area contributed by atoms with Gasteiger partial charge in [-0.25, -0.2) is 13.1 Å². The summed E-state index contributed by atoms with van der Waals surface area (Å²) in [6, 6.07) is 7.63. The van der Waals surface area contributed by atoms with E-state index in [1.807, 2.05) is 0 Å². The molecule has 0 fully saturated rings. The Morgan fingerprint density at radius 3 is 2.74 bits per heavy atom. The Morgan fingerprint density at radius 1 is 1.30 bits per heavy atom. The highest BCUT2D eigenvalue weighted by Gasteiger charge is 2.18. The lowest BCUT2D eigenvalue weighted by Gasteiger charge is -2.10. The summed E-state index contributed by atoms with van der Waals surface area (Å²) in [4.78, 5) is 12.0. The van der Waals surface area contributed by atoms with E-state index in [0.717, 1.165) is 0 Å². The van der Waals surface area contributed by atoms with Gasteiger partial charge in [-0.15, -0.1) is 0 Å². The van der Waals surface area contributed by atoms with Crippen LogP contribution < -0.4 is 10.0 Å². The first-order valence-corrected chi connectivity index (χ1v) is 8.44. The summed E-state index contributed by atoms with van der Waals surface area (Å²) in [5.41, 5.74) is 0.893. The van der Waals surface area contributed by atoms with Crippen molar-refractivity contribution in [3.63, 3.8) is 0 Å². The molecule has 0 saturated carbocycles. The molecule has 1 aromatic heterocycles. The Morgan fingerprint density at radius 2 is 2.09 bits per heavy atom. The molecule has 124 valence electrons. The molecule has 7 nitrogen and oxygen atoms in total. The van der Waals surface area contributed by atoms with Gasteiger partial charge >= 0.3 is 0 Å². The van der Waals surface area contributed by atoms with E-state index in [0.29, 0.717) is 11.3 Å². The van der Waals surface area contributed by atoms with Gasteiger partial charge in [-0.1, -0.05) is 6.07 Å². The van der Waals surface area contributed by atoms with E-state index >= 15 is 0 Å². The largest absolute Gasteiger partial charge is 0.468 e. The molecule has 0 radical (unpaired) electrons. The molecule has 0 aliphatic rings. The van der Waals surface area contributed by atoms with Gasteiger partial charge in [-0.3, -0.25) is 4.79 Å². The highest BCUT2D eigenvalue weighted by atomic mass is 32.2. The van der Waals surface area contributed by atoms with E-state index in [1.165, 1.54) is 18.4 Å². The molecule has 2 aromatic rings. The van der Waals surface area contributed by atoms with Gasteiger partial charge in [0.15, 0.2) is 0 Å². The summed E-state index contributed by atoms with van der Waals surface area (Å²) >= 11 is 0. The number of benzene rings is 1. The minimum atomic E-state index is -3.77. The summed E-state index contributed by atoms with van der Waals surface area (Å²) in [6.07, 6.45) is 1.46. The van der Waals surface area contributed by atoms with E-state index < -0.39 is 15.9 Å². The molecule has 0 aliphatic carbocycles. The zero-order chi connectivity index (χ0) is 16.9. The van der Waals surface area contributed by atoms with Gasteiger partial charge in [0, 0.05) is 12.1 Å². The fourth-order valence-corrected chi connectivity index (χ4v) is 2.96. The molecule has 8 heteroatoms. The number of furan rings is 1. The van der Waals surface area contributed by atoms with Crippen molar-refractivity contribution in [2.24, 2.45) is 0 Å². The smallest absolute Gasteiger partial charge is 0.251 e. The average Bonchev–Trinajstić information content (AvgIpc) is 3.04. The molecule has 1 aromatic carbocycles. The second-order valence-electron chi connectivity index (χ2n) is 4.86. The number of hydrogen-bond acceptors (Lipinski definition) is 5. The second-order valence-corrected chi connectivity index (χ2v) is 6.63. The van der Waals surface area contributed by atoms with Crippen molar-refractivity contribution in [2.75, 3.05) is 13.2 Å². The van der Waals surface area contributed by atoms with Crippen LogP contribution in [-0.2, 0) is 16.6 Å². The van der Waals surface area contributed by atoms with Gasteiger partial charge < -0.3 is 14.8 Å². The van der Waals surface area contributed by atoms with Gasteiger partial charge in [0.2, 0.25) is 10.0 Å². The molecule has 1 amide bonds.